The van der Waals surface area contributed by atoms with Gasteiger partial charge in [-0.3, -0.25) is 9.78 Å². The summed E-state index contributed by atoms with van der Waals surface area (Å²) in [6.45, 7) is 4.44. The quantitative estimate of drug-likeness (QED) is 0.833. The minimum atomic E-state index is 0.0306. The SMILES string of the molecule is CCC(CCC(=O)NCc1cccnc1)n1nnnc1C. The second-order valence-corrected chi connectivity index (χ2v) is 4.91. The first kappa shape index (κ1) is 15.1. The Balaban J connectivity index is 1.79. The lowest BCUT2D eigenvalue weighted by Crippen LogP contribution is -2.24. The van der Waals surface area contributed by atoms with E-state index in [4.69, 9.17) is 0 Å². The molecule has 21 heavy (non-hydrogen) atoms. The van der Waals surface area contributed by atoms with E-state index in [1.54, 1.807) is 17.1 Å². The van der Waals surface area contributed by atoms with Crippen LogP contribution in [0.2, 0.25) is 0 Å². The number of carbonyl (C=O) groups is 1. The van der Waals surface area contributed by atoms with Crippen LogP contribution >= 0.6 is 0 Å². The zero-order chi connectivity index (χ0) is 15.1. The highest BCUT2D eigenvalue weighted by Gasteiger charge is 2.14. The van der Waals surface area contributed by atoms with Crippen LogP contribution in [0.5, 0.6) is 0 Å². The van der Waals surface area contributed by atoms with Gasteiger partial charge in [-0.05, 0) is 41.8 Å². The van der Waals surface area contributed by atoms with E-state index in [0.29, 0.717) is 13.0 Å². The van der Waals surface area contributed by atoms with Crippen LogP contribution in [-0.4, -0.2) is 31.1 Å². The molecule has 1 atom stereocenters. The summed E-state index contributed by atoms with van der Waals surface area (Å²) >= 11 is 0. The van der Waals surface area contributed by atoms with E-state index in [0.717, 1.165) is 24.2 Å². The van der Waals surface area contributed by atoms with Gasteiger partial charge >= 0.3 is 0 Å². The molecule has 0 aromatic carbocycles. The second-order valence-electron chi connectivity index (χ2n) is 4.91. The molecule has 0 saturated carbocycles. The molecule has 2 aromatic heterocycles. The van der Waals surface area contributed by atoms with Crippen LogP contribution in [-0.2, 0) is 11.3 Å². The van der Waals surface area contributed by atoms with Crippen molar-refractivity contribution < 1.29 is 4.79 Å². The lowest BCUT2D eigenvalue weighted by Gasteiger charge is -2.15. The minimum absolute atomic E-state index is 0.0306. The van der Waals surface area contributed by atoms with Crippen LogP contribution < -0.4 is 5.32 Å². The van der Waals surface area contributed by atoms with Crippen molar-refractivity contribution in [3.8, 4) is 0 Å². The zero-order valence-electron chi connectivity index (χ0n) is 12.4. The number of carbonyl (C=O) groups excluding carboxylic acids is 1. The van der Waals surface area contributed by atoms with Gasteiger partial charge in [0.05, 0.1) is 6.04 Å². The second kappa shape index (κ2) is 7.47. The van der Waals surface area contributed by atoms with Crippen LogP contribution in [0.1, 0.15) is 43.6 Å². The van der Waals surface area contributed by atoms with Crippen LogP contribution in [0.4, 0.5) is 0 Å². The molecule has 0 aliphatic rings. The largest absolute Gasteiger partial charge is 0.352 e. The number of hydrogen-bond donors (Lipinski definition) is 1. The summed E-state index contributed by atoms with van der Waals surface area (Å²) in [5.41, 5.74) is 0.995. The fourth-order valence-electron chi connectivity index (χ4n) is 2.16. The molecule has 2 heterocycles. The molecule has 112 valence electrons. The fourth-order valence-corrected chi connectivity index (χ4v) is 2.16. The molecule has 7 heteroatoms. The summed E-state index contributed by atoms with van der Waals surface area (Å²) in [7, 11) is 0. The van der Waals surface area contributed by atoms with Crippen LogP contribution in [0.25, 0.3) is 0 Å². The zero-order valence-corrected chi connectivity index (χ0v) is 12.4. The van der Waals surface area contributed by atoms with Gasteiger partial charge < -0.3 is 5.32 Å². The van der Waals surface area contributed by atoms with Crippen molar-refractivity contribution in [1.82, 2.24) is 30.5 Å². The minimum Gasteiger partial charge on any atom is -0.352 e. The molecule has 1 N–H and O–H groups in total. The Hall–Kier alpha value is -2.31. The molecule has 0 bridgehead atoms. The molecule has 1 amide bonds. The first-order valence-corrected chi connectivity index (χ1v) is 7.10. The molecular weight excluding hydrogens is 268 g/mol. The number of pyridine rings is 1. The monoisotopic (exact) mass is 288 g/mol. The number of nitrogens with one attached hydrogen (secondary N) is 1. The maximum Gasteiger partial charge on any atom is 0.220 e. The van der Waals surface area contributed by atoms with Gasteiger partial charge in [0, 0.05) is 25.4 Å². The topological polar surface area (TPSA) is 85.6 Å². The van der Waals surface area contributed by atoms with Crippen molar-refractivity contribution in [3.63, 3.8) is 0 Å². The first-order chi connectivity index (χ1) is 10.2. The molecular formula is C14H20N6O. The molecule has 0 spiro atoms. The van der Waals surface area contributed by atoms with Crippen molar-refractivity contribution in [3.05, 3.63) is 35.9 Å². The summed E-state index contributed by atoms with van der Waals surface area (Å²) in [5, 5.41) is 14.4. The lowest BCUT2D eigenvalue weighted by molar-refractivity contribution is -0.121. The Morgan fingerprint density at radius 1 is 1.48 bits per heavy atom. The molecule has 7 nitrogen and oxygen atoms in total. The Labute approximate surface area is 123 Å². The highest BCUT2D eigenvalue weighted by molar-refractivity contribution is 5.75. The first-order valence-electron chi connectivity index (χ1n) is 7.10. The number of aromatic nitrogens is 5. The molecule has 1 unspecified atom stereocenters. The van der Waals surface area contributed by atoms with Crippen LogP contribution in [0, 0.1) is 6.92 Å². The van der Waals surface area contributed by atoms with Gasteiger partial charge in [0.1, 0.15) is 5.82 Å². The van der Waals surface area contributed by atoms with Gasteiger partial charge in [-0.1, -0.05) is 13.0 Å². The summed E-state index contributed by atoms with van der Waals surface area (Å²) in [5.74, 6) is 0.806. The van der Waals surface area contributed by atoms with E-state index in [2.05, 4.69) is 32.7 Å². The molecule has 0 aliphatic heterocycles. The maximum absolute atomic E-state index is 11.9. The van der Waals surface area contributed by atoms with Gasteiger partial charge in [0.2, 0.25) is 5.91 Å². The predicted octanol–water partition coefficient (Wildman–Crippen LogP) is 1.42. The normalized spacial score (nSPS) is 12.1. The average Bonchev–Trinajstić information content (AvgIpc) is 2.93. The van der Waals surface area contributed by atoms with Crippen molar-refractivity contribution in [2.75, 3.05) is 0 Å². The number of hydrogen-bond acceptors (Lipinski definition) is 5. The van der Waals surface area contributed by atoms with E-state index in [1.165, 1.54) is 0 Å². The van der Waals surface area contributed by atoms with Crippen molar-refractivity contribution in [2.24, 2.45) is 0 Å². The van der Waals surface area contributed by atoms with E-state index in [1.807, 2.05) is 19.1 Å². The van der Waals surface area contributed by atoms with Gasteiger partial charge in [-0.15, -0.1) is 5.10 Å². The number of tetrazole rings is 1. The van der Waals surface area contributed by atoms with Crippen molar-refractivity contribution in [2.45, 2.75) is 45.7 Å². The third kappa shape index (κ3) is 4.34. The van der Waals surface area contributed by atoms with Gasteiger partial charge in [-0.25, -0.2) is 4.68 Å². The summed E-state index contributed by atoms with van der Waals surface area (Å²) in [6, 6.07) is 3.95. The molecule has 0 saturated heterocycles. The Morgan fingerprint density at radius 2 is 2.33 bits per heavy atom. The third-order valence-electron chi connectivity index (χ3n) is 3.39. The van der Waals surface area contributed by atoms with E-state index >= 15 is 0 Å². The lowest BCUT2D eigenvalue weighted by atomic mass is 10.1. The van der Waals surface area contributed by atoms with E-state index in [-0.39, 0.29) is 11.9 Å². The summed E-state index contributed by atoms with van der Waals surface area (Å²) in [6.07, 6.45) is 5.53. The Kier molecular flexibility index (Phi) is 5.36. The molecule has 0 fully saturated rings. The molecule has 2 aromatic rings. The van der Waals surface area contributed by atoms with Crippen molar-refractivity contribution >= 4 is 5.91 Å². The smallest absolute Gasteiger partial charge is 0.220 e. The van der Waals surface area contributed by atoms with Crippen molar-refractivity contribution in [1.29, 1.82) is 0 Å². The molecule has 0 radical (unpaired) electrons. The standard InChI is InChI=1S/C14H20N6O/c1-3-13(20-11(2)17-18-19-20)6-7-14(21)16-10-12-5-4-8-15-9-12/h4-5,8-9,13H,3,6-7,10H2,1-2H3,(H,16,21). The number of aryl methyl sites for hydroxylation is 1. The number of nitrogens with zero attached hydrogens (tertiary/aromatic N) is 5. The predicted molar refractivity (Wildman–Crippen MR) is 77.2 cm³/mol. The summed E-state index contributed by atoms with van der Waals surface area (Å²) in [4.78, 5) is 15.9. The highest BCUT2D eigenvalue weighted by Crippen LogP contribution is 2.17. The Bertz CT molecular complexity index is 568. The third-order valence-corrected chi connectivity index (χ3v) is 3.39. The van der Waals surface area contributed by atoms with Crippen LogP contribution in [0.15, 0.2) is 24.5 Å². The summed E-state index contributed by atoms with van der Waals surface area (Å²) < 4.78 is 1.79. The highest BCUT2D eigenvalue weighted by atomic mass is 16.1. The molecule has 2 rings (SSSR count). The fraction of sp³-hybridized carbons (Fsp3) is 0.500. The van der Waals surface area contributed by atoms with E-state index in [9.17, 15) is 4.79 Å². The maximum atomic E-state index is 11.9. The molecule has 0 aliphatic carbocycles. The van der Waals surface area contributed by atoms with Crippen LogP contribution in [0.3, 0.4) is 0 Å². The van der Waals surface area contributed by atoms with Gasteiger partial charge in [-0.2, -0.15) is 0 Å². The van der Waals surface area contributed by atoms with Gasteiger partial charge in [0.25, 0.3) is 0 Å². The average molecular weight is 288 g/mol. The number of amides is 1. The van der Waals surface area contributed by atoms with Gasteiger partial charge in [0.15, 0.2) is 0 Å². The Morgan fingerprint density at radius 3 is 2.95 bits per heavy atom. The number of rotatable bonds is 7. The van der Waals surface area contributed by atoms with E-state index < -0.39 is 0 Å².